The monoisotopic (exact) mass is 301 g/mol. The molecule has 2 aromatic rings. The maximum Gasteiger partial charge on any atom is 0.336 e. The highest BCUT2D eigenvalue weighted by Crippen LogP contribution is 2.37. The predicted octanol–water partition coefficient (Wildman–Crippen LogP) is 1.38. The molecule has 1 saturated heterocycles. The van der Waals surface area contributed by atoms with Gasteiger partial charge in [-0.2, -0.15) is 15.6 Å². The van der Waals surface area contributed by atoms with E-state index in [2.05, 4.69) is 25.2 Å². The average Bonchev–Trinajstić information content (AvgIpc) is 3.19. The molecule has 22 heavy (non-hydrogen) atoms. The topological polar surface area (TPSA) is 74.1 Å². The fourth-order valence-corrected chi connectivity index (χ4v) is 2.71. The summed E-state index contributed by atoms with van der Waals surface area (Å²) in [5, 5.41) is 4.59. The first-order valence-electron chi connectivity index (χ1n) is 7.66. The molecule has 0 amide bonds. The normalized spacial score (nSPS) is 18.2. The molecule has 3 heterocycles. The van der Waals surface area contributed by atoms with Crippen LogP contribution in [0.25, 0.3) is 11.3 Å². The lowest BCUT2D eigenvalue weighted by Gasteiger charge is -2.28. The van der Waals surface area contributed by atoms with Gasteiger partial charge in [-0.3, -0.25) is 4.68 Å². The van der Waals surface area contributed by atoms with E-state index in [1.54, 1.807) is 13.2 Å². The third kappa shape index (κ3) is 2.57. The summed E-state index contributed by atoms with van der Waals surface area (Å²) in [6.07, 6.45) is 7.28. The summed E-state index contributed by atoms with van der Waals surface area (Å²) in [4.78, 5) is 13.7. The fraction of sp³-hybridized carbons (Fsp3) is 0.533. The van der Waals surface area contributed by atoms with Crippen LogP contribution in [0.15, 0.2) is 18.5 Å². The van der Waals surface area contributed by atoms with Crippen LogP contribution in [0.5, 0.6) is 6.01 Å². The Morgan fingerprint density at radius 3 is 2.95 bits per heavy atom. The Bertz CT molecular complexity index is 664. The van der Waals surface area contributed by atoms with Crippen molar-refractivity contribution < 1.29 is 9.57 Å². The third-order valence-corrected chi connectivity index (χ3v) is 4.15. The first-order chi connectivity index (χ1) is 10.8. The second kappa shape index (κ2) is 5.66. The van der Waals surface area contributed by atoms with Crippen molar-refractivity contribution in [3.63, 3.8) is 0 Å². The lowest BCUT2D eigenvalue weighted by atomic mass is 10.1. The molecule has 7 nitrogen and oxygen atoms in total. The van der Waals surface area contributed by atoms with Gasteiger partial charge in [0.05, 0.1) is 31.1 Å². The van der Waals surface area contributed by atoms with Crippen molar-refractivity contribution in [1.82, 2.24) is 25.2 Å². The molecule has 0 radical (unpaired) electrons. The zero-order valence-corrected chi connectivity index (χ0v) is 12.5. The third-order valence-electron chi connectivity index (χ3n) is 4.15. The van der Waals surface area contributed by atoms with Gasteiger partial charge in [-0.05, 0) is 31.2 Å². The SMILES string of the molecule is CNOc1nccc(-c2cnn(C3COC3)c2CC2CC2)n1. The van der Waals surface area contributed by atoms with Crippen LogP contribution in [0.3, 0.4) is 0 Å². The number of hydrogen-bond donors (Lipinski definition) is 1. The van der Waals surface area contributed by atoms with E-state index in [9.17, 15) is 0 Å². The molecule has 0 bridgehead atoms. The number of nitrogens with zero attached hydrogens (tertiary/aromatic N) is 4. The second-order valence-electron chi connectivity index (χ2n) is 5.82. The average molecular weight is 301 g/mol. The summed E-state index contributed by atoms with van der Waals surface area (Å²) in [6.45, 7) is 1.49. The Labute approximate surface area is 128 Å². The van der Waals surface area contributed by atoms with Crippen molar-refractivity contribution >= 4 is 0 Å². The second-order valence-corrected chi connectivity index (χ2v) is 5.82. The van der Waals surface area contributed by atoms with Crippen molar-refractivity contribution in [3.8, 4) is 17.3 Å². The van der Waals surface area contributed by atoms with Crippen LogP contribution in [0.1, 0.15) is 24.6 Å². The minimum absolute atomic E-state index is 0.317. The van der Waals surface area contributed by atoms with Crippen molar-refractivity contribution in [2.45, 2.75) is 25.3 Å². The van der Waals surface area contributed by atoms with Crippen LogP contribution in [-0.2, 0) is 11.2 Å². The van der Waals surface area contributed by atoms with E-state index in [0.29, 0.717) is 12.1 Å². The van der Waals surface area contributed by atoms with E-state index in [1.807, 2.05) is 12.3 Å². The Balaban J connectivity index is 1.70. The van der Waals surface area contributed by atoms with Crippen molar-refractivity contribution in [1.29, 1.82) is 0 Å². The predicted molar refractivity (Wildman–Crippen MR) is 79.2 cm³/mol. The van der Waals surface area contributed by atoms with E-state index < -0.39 is 0 Å². The highest BCUT2D eigenvalue weighted by molar-refractivity contribution is 5.61. The van der Waals surface area contributed by atoms with Crippen molar-refractivity contribution in [2.24, 2.45) is 5.92 Å². The van der Waals surface area contributed by atoms with Gasteiger partial charge >= 0.3 is 6.01 Å². The summed E-state index contributed by atoms with van der Waals surface area (Å²) in [6, 6.07) is 2.58. The lowest BCUT2D eigenvalue weighted by molar-refractivity contribution is -0.0298. The molecule has 0 spiro atoms. The molecule has 1 aliphatic heterocycles. The molecule has 7 heteroatoms. The molecule has 2 fully saturated rings. The minimum atomic E-state index is 0.317. The van der Waals surface area contributed by atoms with Gasteiger partial charge in [0, 0.05) is 24.5 Å². The van der Waals surface area contributed by atoms with Crippen LogP contribution >= 0.6 is 0 Å². The zero-order valence-electron chi connectivity index (χ0n) is 12.5. The molecule has 1 N–H and O–H groups in total. The fourth-order valence-electron chi connectivity index (χ4n) is 2.71. The van der Waals surface area contributed by atoms with Crippen LogP contribution < -0.4 is 10.3 Å². The maximum atomic E-state index is 5.32. The summed E-state index contributed by atoms with van der Waals surface area (Å²) >= 11 is 0. The number of aromatic nitrogens is 4. The van der Waals surface area contributed by atoms with Crippen molar-refractivity contribution in [2.75, 3.05) is 20.3 Å². The number of hydroxylamine groups is 1. The molecule has 2 aliphatic rings. The highest BCUT2D eigenvalue weighted by Gasteiger charge is 2.30. The molecule has 1 aliphatic carbocycles. The van der Waals surface area contributed by atoms with Gasteiger partial charge in [0.25, 0.3) is 0 Å². The van der Waals surface area contributed by atoms with Crippen LogP contribution in [0, 0.1) is 5.92 Å². The molecule has 2 aromatic heterocycles. The van der Waals surface area contributed by atoms with Gasteiger partial charge in [0.15, 0.2) is 0 Å². The van der Waals surface area contributed by atoms with Gasteiger partial charge in [-0.15, -0.1) is 0 Å². The van der Waals surface area contributed by atoms with Crippen LogP contribution in [0.2, 0.25) is 0 Å². The molecule has 0 unspecified atom stereocenters. The Morgan fingerprint density at radius 1 is 1.41 bits per heavy atom. The molecular formula is C15H19N5O2. The molecular weight excluding hydrogens is 282 g/mol. The summed E-state index contributed by atoms with van der Waals surface area (Å²) in [7, 11) is 1.68. The number of ether oxygens (including phenoxy) is 1. The maximum absolute atomic E-state index is 5.32. The first-order valence-corrected chi connectivity index (χ1v) is 7.66. The summed E-state index contributed by atoms with van der Waals surface area (Å²) in [5.74, 6) is 0.782. The minimum Gasteiger partial charge on any atom is -0.377 e. The standard InChI is InChI=1S/C15H19N5O2/c1-16-22-15-17-5-4-13(19-15)12-7-18-20(11-8-21-9-11)14(12)6-10-2-3-10/h4-5,7,10-11,16H,2-3,6,8-9H2,1H3. The molecule has 0 aromatic carbocycles. The van der Waals surface area contributed by atoms with Gasteiger partial charge in [0.1, 0.15) is 0 Å². The summed E-state index contributed by atoms with van der Waals surface area (Å²) in [5.41, 5.74) is 5.77. The highest BCUT2D eigenvalue weighted by atomic mass is 16.7. The largest absolute Gasteiger partial charge is 0.377 e. The lowest BCUT2D eigenvalue weighted by Crippen LogP contribution is -2.32. The molecule has 116 valence electrons. The summed E-state index contributed by atoms with van der Waals surface area (Å²) < 4.78 is 7.44. The van der Waals surface area contributed by atoms with Gasteiger partial charge < -0.3 is 9.57 Å². The Morgan fingerprint density at radius 2 is 2.27 bits per heavy atom. The first kappa shape index (κ1) is 13.7. The van der Waals surface area contributed by atoms with E-state index in [1.165, 1.54) is 18.5 Å². The molecule has 1 saturated carbocycles. The van der Waals surface area contributed by atoms with E-state index in [-0.39, 0.29) is 0 Å². The molecule has 0 atom stereocenters. The molecule has 4 rings (SSSR count). The van der Waals surface area contributed by atoms with Crippen LogP contribution in [0.4, 0.5) is 0 Å². The van der Waals surface area contributed by atoms with Gasteiger partial charge in [0.2, 0.25) is 0 Å². The van der Waals surface area contributed by atoms with Crippen molar-refractivity contribution in [3.05, 3.63) is 24.2 Å². The zero-order chi connectivity index (χ0) is 14.9. The Kier molecular flexibility index (Phi) is 3.51. The van der Waals surface area contributed by atoms with E-state index >= 15 is 0 Å². The Hall–Kier alpha value is -1.99. The van der Waals surface area contributed by atoms with E-state index in [0.717, 1.165) is 36.8 Å². The smallest absolute Gasteiger partial charge is 0.336 e. The quantitative estimate of drug-likeness (QED) is 0.813. The number of hydrogen-bond acceptors (Lipinski definition) is 6. The van der Waals surface area contributed by atoms with E-state index in [4.69, 9.17) is 9.57 Å². The number of rotatable bonds is 6. The van der Waals surface area contributed by atoms with Gasteiger partial charge in [-0.1, -0.05) is 0 Å². The van der Waals surface area contributed by atoms with Gasteiger partial charge in [-0.25, -0.2) is 4.98 Å². The number of nitrogens with one attached hydrogen (secondary N) is 1. The van der Waals surface area contributed by atoms with Crippen LogP contribution in [-0.4, -0.2) is 40.0 Å².